The lowest BCUT2D eigenvalue weighted by atomic mass is 10.1. The number of nitrogens with zero attached hydrogens (tertiary/aromatic N) is 1. The predicted octanol–water partition coefficient (Wildman–Crippen LogP) is 5.71. The monoisotopic (exact) mass is 508 g/mol. The van der Waals surface area contributed by atoms with Gasteiger partial charge in [-0.05, 0) is 85.6 Å². The number of esters is 1. The Bertz CT molecular complexity index is 1370. The van der Waals surface area contributed by atoms with E-state index in [1.165, 1.54) is 6.21 Å². The van der Waals surface area contributed by atoms with E-state index >= 15 is 0 Å². The Morgan fingerprint density at radius 1 is 0.816 bits per heavy atom. The van der Waals surface area contributed by atoms with Crippen LogP contribution in [-0.2, 0) is 11.4 Å². The fourth-order valence-electron chi connectivity index (χ4n) is 3.35. The number of carbonyl (C=O) groups is 2. The summed E-state index contributed by atoms with van der Waals surface area (Å²) in [7, 11) is 0. The minimum atomic E-state index is -0.758. The molecular weight excluding hydrogens is 480 g/mol. The third-order valence-corrected chi connectivity index (χ3v) is 5.52. The van der Waals surface area contributed by atoms with Crippen molar-refractivity contribution in [1.82, 2.24) is 5.43 Å². The second kappa shape index (κ2) is 12.9. The molecule has 0 fully saturated rings. The second-order valence-electron chi connectivity index (χ2n) is 8.56. The molecule has 0 unspecified atom stereocenters. The molecule has 0 aliphatic heterocycles. The third kappa shape index (κ3) is 7.80. The number of carbonyl (C=O) groups excluding carboxylic acids is 2. The standard InChI is InChI=1S/C31H28N2O5/c1-22-8-12-26(13-9-22)31(35)38-29-14-10-24(11-15-29)20-32-33-30(34)23(2)37-28-18-16-27(17-19-28)36-21-25-6-4-3-5-7-25/h3-20,23H,21H2,1-2H3,(H,33,34)/b32-20-/t23-/m0/s1. The normalized spacial score (nSPS) is 11.5. The quantitative estimate of drug-likeness (QED) is 0.128. The highest BCUT2D eigenvalue weighted by molar-refractivity contribution is 5.91. The summed E-state index contributed by atoms with van der Waals surface area (Å²) < 4.78 is 16.9. The number of hydrogen-bond donors (Lipinski definition) is 1. The van der Waals surface area contributed by atoms with E-state index in [4.69, 9.17) is 14.2 Å². The number of ether oxygens (including phenoxy) is 3. The average molecular weight is 509 g/mol. The Kier molecular flexibility index (Phi) is 8.86. The highest BCUT2D eigenvalue weighted by Crippen LogP contribution is 2.20. The van der Waals surface area contributed by atoms with Crippen molar-refractivity contribution in [3.05, 3.63) is 125 Å². The van der Waals surface area contributed by atoms with Crippen LogP contribution in [0.2, 0.25) is 0 Å². The van der Waals surface area contributed by atoms with Gasteiger partial charge < -0.3 is 14.2 Å². The van der Waals surface area contributed by atoms with Crippen LogP contribution >= 0.6 is 0 Å². The number of hydrogen-bond acceptors (Lipinski definition) is 6. The summed E-state index contributed by atoms with van der Waals surface area (Å²) in [6, 6.07) is 30.9. The van der Waals surface area contributed by atoms with Gasteiger partial charge in [-0.3, -0.25) is 4.79 Å². The lowest BCUT2D eigenvalue weighted by Gasteiger charge is -2.13. The maximum absolute atomic E-state index is 12.4. The minimum absolute atomic E-state index is 0.394. The maximum atomic E-state index is 12.4. The van der Waals surface area contributed by atoms with Crippen molar-refractivity contribution < 1.29 is 23.8 Å². The lowest BCUT2D eigenvalue weighted by molar-refractivity contribution is -0.127. The Hall–Kier alpha value is -4.91. The van der Waals surface area contributed by atoms with Crippen LogP contribution in [0.25, 0.3) is 0 Å². The van der Waals surface area contributed by atoms with Crippen LogP contribution in [0.15, 0.2) is 108 Å². The number of hydrazone groups is 1. The zero-order valence-electron chi connectivity index (χ0n) is 21.2. The minimum Gasteiger partial charge on any atom is -0.489 e. The Balaban J connectivity index is 1.21. The van der Waals surface area contributed by atoms with Crippen molar-refractivity contribution in [2.45, 2.75) is 26.6 Å². The molecule has 38 heavy (non-hydrogen) atoms. The third-order valence-electron chi connectivity index (χ3n) is 5.52. The van der Waals surface area contributed by atoms with Crippen molar-refractivity contribution in [3.8, 4) is 17.2 Å². The molecule has 1 N–H and O–H groups in total. The van der Waals surface area contributed by atoms with Crippen LogP contribution in [0.4, 0.5) is 0 Å². The van der Waals surface area contributed by atoms with Gasteiger partial charge in [0, 0.05) is 0 Å². The van der Waals surface area contributed by atoms with E-state index in [2.05, 4.69) is 10.5 Å². The first-order chi connectivity index (χ1) is 18.5. The fraction of sp³-hybridized carbons (Fsp3) is 0.129. The molecule has 4 rings (SSSR count). The zero-order chi connectivity index (χ0) is 26.7. The molecule has 4 aromatic rings. The van der Waals surface area contributed by atoms with Gasteiger partial charge in [0.25, 0.3) is 5.91 Å². The van der Waals surface area contributed by atoms with E-state index in [-0.39, 0.29) is 0 Å². The van der Waals surface area contributed by atoms with Gasteiger partial charge in [0.2, 0.25) is 0 Å². The molecule has 0 aromatic heterocycles. The zero-order valence-corrected chi connectivity index (χ0v) is 21.2. The van der Waals surface area contributed by atoms with Crippen LogP contribution in [0.3, 0.4) is 0 Å². The van der Waals surface area contributed by atoms with Gasteiger partial charge in [0.1, 0.15) is 23.9 Å². The molecule has 0 saturated heterocycles. The molecule has 192 valence electrons. The fourth-order valence-corrected chi connectivity index (χ4v) is 3.35. The van der Waals surface area contributed by atoms with Crippen LogP contribution in [0.1, 0.15) is 34.0 Å². The molecule has 0 radical (unpaired) electrons. The molecule has 4 aromatic carbocycles. The molecular formula is C31H28N2O5. The van der Waals surface area contributed by atoms with Gasteiger partial charge in [0.15, 0.2) is 6.10 Å². The topological polar surface area (TPSA) is 86.2 Å². The predicted molar refractivity (Wildman–Crippen MR) is 146 cm³/mol. The van der Waals surface area contributed by atoms with E-state index in [1.807, 2.05) is 49.4 Å². The van der Waals surface area contributed by atoms with Crippen molar-refractivity contribution in [1.29, 1.82) is 0 Å². The van der Waals surface area contributed by atoms with Gasteiger partial charge >= 0.3 is 5.97 Å². The molecule has 7 nitrogen and oxygen atoms in total. The molecule has 1 atom stereocenters. The average Bonchev–Trinajstić information content (AvgIpc) is 2.94. The molecule has 0 bridgehead atoms. The van der Waals surface area contributed by atoms with E-state index in [9.17, 15) is 9.59 Å². The lowest BCUT2D eigenvalue weighted by Crippen LogP contribution is -2.33. The van der Waals surface area contributed by atoms with Gasteiger partial charge in [0.05, 0.1) is 11.8 Å². The number of benzene rings is 4. The number of rotatable bonds is 10. The van der Waals surface area contributed by atoms with Gasteiger partial charge in [-0.2, -0.15) is 5.10 Å². The van der Waals surface area contributed by atoms with E-state index in [0.717, 1.165) is 16.7 Å². The van der Waals surface area contributed by atoms with Crippen molar-refractivity contribution in [2.75, 3.05) is 0 Å². The van der Waals surface area contributed by atoms with Gasteiger partial charge in [-0.1, -0.05) is 48.0 Å². The maximum Gasteiger partial charge on any atom is 0.343 e. The first kappa shape index (κ1) is 26.2. The van der Waals surface area contributed by atoms with Crippen molar-refractivity contribution >= 4 is 18.1 Å². The SMILES string of the molecule is Cc1ccc(C(=O)Oc2ccc(/C=N\NC(=O)[C@H](C)Oc3ccc(OCc4ccccc4)cc3)cc2)cc1. The molecule has 1 amide bonds. The Labute approximate surface area is 221 Å². The first-order valence-corrected chi connectivity index (χ1v) is 12.1. The molecule has 7 heteroatoms. The van der Waals surface area contributed by atoms with Gasteiger partial charge in [-0.15, -0.1) is 0 Å². The number of aryl methyl sites for hydroxylation is 1. The van der Waals surface area contributed by atoms with E-state index < -0.39 is 18.0 Å². The van der Waals surface area contributed by atoms with Gasteiger partial charge in [-0.25, -0.2) is 10.2 Å². The number of amides is 1. The summed E-state index contributed by atoms with van der Waals surface area (Å²) in [6.07, 6.45) is 0.738. The van der Waals surface area contributed by atoms with Crippen LogP contribution in [-0.4, -0.2) is 24.2 Å². The van der Waals surface area contributed by atoms with E-state index in [0.29, 0.717) is 29.4 Å². The Morgan fingerprint density at radius 3 is 2.13 bits per heavy atom. The molecule has 0 spiro atoms. The molecule has 0 heterocycles. The smallest absolute Gasteiger partial charge is 0.343 e. The summed E-state index contributed by atoms with van der Waals surface area (Å²) in [5, 5.41) is 3.99. The summed E-state index contributed by atoms with van der Waals surface area (Å²) in [5.41, 5.74) is 5.82. The van der Waals surface area contributed by atoms with E-state index in [1.54, 1.807) is 67.6 Å². The molecule has 0 aliphatic rings. The first-order valence-electron chi connectivity index (χ1n) is 12.1. The summed E-state index contributed by atoms with van der Waals surface area (Å²) >= 11 is 0. The number of nitrogens with one attached hydrogen (secondary N) is 1. The molecule has 0 saturated carbocycles. The van der Waals surface area contributed by atoms with Crippen LogP contribution < -0.4 is 19.6 Å². The summed E-state index contributed by atoms with van der Waals surface area (Å²) in [6.45, 7) is 4.06. The van der Waals surface area contributed by atoms with Crippen LogP contribution in [0, 0.1) is 6.92 Å². The van der Waals surface area contributed by atoms with Crippen molar-refractivity contribution in [2.24, 2.45) is 5.10 Å². The van der Waals surface area contributed by atoms with Crippen molar-refractivity contribution in [3.63, 3.8) is 0 Å². The highest BCUT2D eigenvalue weighted by atomic mass is 16.5. The summed E-state index contributed by atoms with van der Waals surface area (Å²) in [4.78, 5) is 24.6. The second-order valence-corrected chi connectivity index (χ2v) is 8.56. The largest absolute Gasteiger partial charge is 0.489 e. The Morgan fingerprint density at radius 2 is 1.45 bits per heavy atom. The van der Waals surface area contributed by atoms with Crippen LogP contribution in [0.5, 0.6) is 17.2 Å². The molecule has 0 aliphatic carbocycles. The summed E-state index contributed by atoms with van der Waals surface area (Å²) in [5.74, 6) is 0.838. The highest BCUT2D eigenvalue weighted by Gasteiger charge is 2.14.